The fourth-order valence-electron chi connectivity index (χ4n) is 5.60. The molecular weight excluding hydrogens is 356 g/mol. The van der Waals surface area contributed by atoms with Crippen molar-refractivity contribution in [2.45, 2.75) is 69.6 Å². The molecule has 0 aromatic heterocycles. The van der Waals surface area contributed by atoms with Gasteiger partial charge in [-0.2, -0.15) is 0 Å². The number of nitrogens with one attached hydrogen (secondary N) is 2. The van der Waals surface area contributed by atoms with E-state index < -0.39 is 5.72 Å². The lowest BCUT2D eigenvalue weighted by Crippen LogP contribution is -2.64. The molecule has 3 aliphatic carbocycles. The Morgan fingerprint density at radius 2 is 2.04 bits per heavy atom. The summed E-state index contributed by atoms with van der Waals surface area (Å²) < 4.78 is 12.2. The number of fused-ring (bicyclic) bond motifs is 3. The van der Waals surface area contributed by atoms with Gasteiger partial charge in [0.05, 0.1) is 6.10 Å². The molecular formula is C22H30N2O2S. The third-order valence-corrected chi connectivity index (χ3v) is 7.65. The van der Waals surface area contributed by atoms with E-state index in [2.05, 4.69) is 28.8 Å². The molecule has 1 heterocycles. The van der Waals surface area contributed by atoms with Gasteiger partial charge >= 0.3 is 0 Å². The lowest BCUT2D eigenvalue weighted by atomic mass is 9.66. The topological polar surface area (TPSA) is 42.5 Å². The van der Waals surface area contributed by atoms with Crippen LogP contribution >= 0.6 is 12.2 Å². The number of ether oxygens (including phenoxy) is 2. The number of hydrogen-bond acceptors (Lipinski definition) is 3. The minimum absolute atomic E-state index is 0.0611. The summed E-state index contributed by atoms with van der Waals surface area (Å²) >= 11 is 5.54. The maximum Gasteiger partial charge on any atom is 0.175 e. The number of benzene rings is 1. The van der Waals surface area contributed by atoms with E-state index in [0.29, 0.717) is 17.9 Å². The molecule has 0 radical (unpaired) electrons. The van der Waals surface area contributed by atoms with Crippen LogP contribution in [0.1, 0.15) is 61.6 Å². The molecule has 1 saturated heterocycles. The highest BCUT2D eigenvalue weighted by molar-refractivity contribution is 7.80. The highest BCUT2D eigenvalue weighted by Crippen LogP contribution is 2.59. The SMILES string of the molecule is COC1CCC2(CC1)Cc1ccc(CCC3CC3)cc1C21NC(=S)NCO1. The van der Waals surface area contributed by atoms with E-state index >= 15 is 0 Å². The zero-order valence-corrected chi connectivity index (χ0v) is 17.0. The summed E-state index contributed by atoms with van der Waals surface area (Å²) in [7, 11) is 1.84. The first-order chi connectivity index (χ1) is 13.1. The van der Waals surface area contributed by atoms with Gasteiger partial charge < -0.3 is 20.1 Å². The van der Waals surface area contributed by atoms with Crippen LogP contribution in [0.4, 0.5) is 0 Å². The van der Waals surface area contributed by atoms with E-state index in [1.807, 2.05) is 7.11 Å². The van der Waals surface area contributed by atoms with Gasteiger partial charge in [-0.1, -0.05) is 31.0 Å². The molecule has 1 aromatic carbocycles. The maximum atomic E-state index is 6.53. The van der Waals surface area contributed by atoms with Crippen LogP contribution in [-0.2, 0) is 28.0 Å². The van der Waals surface area contributed by atoms with Crippen LogP contribution in [0.3, 0.4) is 0 Å². The third-order valence-electron chi connectivity index (χ3n) is 7.40. The van der Waals surface area contributed by atoms with Crippen molar-refractivity contribution in [1.82, 2.24) is 10.6 Å². The first-order valence-corrected chi connectivity index (χ1v) is 10.9. The summed E-state index contributed by atoms with van der Waals surface area (Å²) in [6.07, 6.45) is 11.2. The quantitative estimate of drug-likeness (QED) is 0.771. The molecule has 5 rings (SSSR count). The van der Waals surface area contributed by atoms with Gasteiger partial charge in [0.25, 0.3) is 0 Å². The van der Waals surface area contributed by atoms with Crippen molar-refractivity contribution in [3.8, 4) is 0 Å². The summed E-state index contributed by atoms with van der Waals surface area (Å²) in [4.78, 5) is 0. The average molecular weight is 387 g/mol. The van der Waals surface area contributed by atoms with Crippen molar-refractivity contribution < 1.29 is 9.47 Å². The zero-order chi connectivity index (χ0) is 18.5. The summed E-state index contributed by atoms with van der Waals surface area (Å²) in [6, 6.07) is 7.11. The lowest BCUT2D eigenvalue weighted by molar-refractivity contribution is -0.177. The van der Waals surface area contributed by atoms with Gasteiger partial charge in [-0.3, -0.25) is 0 Å². The Kier molecular flexibility index (Phi) is 4.45. The van der Waals surface area contributed by atoms with Crippen LogP contribution in [0.5, 0.6) is 0 Å². The first kappa shape index (κ1) is 17.9. The second-order valence-corrected chi connectivity index (χ2v) is 9.37. The predicted octanol–water partition coefficient (Wildman–Crippen LogP) is 3.77. The molecule has 3 fully saturated rings. The smallest absolute Gasteiger partial charge is 0.175 e. The van der Waals surface area contributed by atoms with Gasteiger partial charge in [0, 0.05) is 18.1 Å². The summed E-state index contributed by atoms with van der Waals surface area (Å²) in [5, 5.41) is 7.46. The Labute approximate surface area is 167 Å². The molecule has 1 atom stereocenters. The minimum atomic E-state index is -0.487. The number of methoxy groups -OCH3 is 1. The molecule has 4 aliphatic rings. The second-order valence-electron chi connectivity index (χ2n) is 8.97. The number of aryl methyl sites for hydroxylation is 1. The van der Waals surface area contributed by atoms with Crippen molar-refractivity contribution >= 4 is 17.3 Å². The molecule has 2 saturated carbocycles. The fraction of sp³-hybridized carbons (Fsp3) is 0.682. The van der Waals surface area contributed by atoms with Gasteiger partial charge in [-0.25, -0.2) is 0 Å². The maximum absolute atomic E-state index is 6.53. The Balaban J connectivity index is 1.50. The summed E-state index contributed by atoms with van der Waals surface area (Å²) in [6.45, 7) is 0.479. The molecule has 1 aliphatic heterocycles. The molecule has 1 aromatic rings. The van der Waals surface area contributed by atoms with Crippen molar-refractivity contribution in [1.29, 1.82) is 0 Å². The summed E-state index contributed by atoms with van der Waals surface area (Å²) in [5.74, 6) is 0.962. The largest absolute Gasteiger partial charge is 0.381 e. The monoisotopic (exact) mass is 386 g/mol. The van der Waals surface area contributed by atoms with E-state index in [-0.39, 0.29) is 5.41 Å². The van der Waals surface area contributed by atoms with Crippen LogP contribution in [0.25, 0.3) is 0 Å². The molecule has 0 bridgehead atoms. The first-order valence-electron chi connectivity index (χ1n) is 10.5. The molecule has 4 nitrogen and oxygen atoms in total. The number of rotatable bonds is 4. The van der Waals surface area contributed by atoms with Gasteiger partial charge in [-0.15, -0.1) is 0 Å². The van der Waals surface area contributed by atoms with Gasteiger partial charge in [0.2, 0.25) is 0 Å². The predicted molar refractivity (Wildman–Crippen MR) is 109 cm³/mol. The third kappa shape index (κ3) is 2.99. The standard InChI is InChI=1S/C22H30N2O2S/c1-25-18-8-10-21(11-9-18)13-17-7-6-16(5-4-15-2-3-15)12-19(17)22(21)24-20(27)23-14-26-22/h6-7,12,15,18H,2-5,8-11,13-14H2,1H3,(H2,23,24,27). The Morgan fingerprint density at radius 3 is 2.74 bits per heavy atom. The van der Waals surface area contributed by atoms with Crippen LogP contribution in [0.15, 0.2) is 18.2 Å². The lowest BCUT2D eigenvalue weighted by Gasteiger charge is -2.51. The van der Waals surface area contributed by atoms with E-state index in [4.69, 9.17) is 21.7 Å². The molecule has 146 valence electrons. The Morgan fingerprint density at radius 1 is 1.22 bits per heavy atom. The van der Waals surface area contributed by atoms with Crippen LogP contribution in [0.2, 0.25) is 0 Å². The van der Waals surface area contributed by atoms with Gasteiger partial charge in [0.15, 0.2) is 10.8 Å². The van der Waals surface area contributed by atoms with Crippen LogP contribution < -0.4 is 10.6 Å². The van der Waals surface area contributed by atoms with Crippen molar-refractivity contribution in [3.63, 3.8) is 0 Å². The molecule has 0 amide bonds. The minimum Gasteiger partial charge on any atom is -0.381 e. The highest BCUT2D eigenvalue weighted by atomic mass is 32.1. The normalized spacial score (nSPS) is 35.1. The zero-order valence-electron chi connectivity index (χ0n) is 16.2. The van der Waals surface area contributed by atoms with Crippen LogP contribution in [-0.4, -0.2) is 25.1 Å². The Hall–Kier alpha value is -1.17. The Bertz CT molecular complexity index is 740. The molecule has 2 N–H and O–H groups in total. The van der Waals surface area contributed by atoms with E-state index in [1.165, 1.54) is 42.4 Å². The van der Waals surface area contributed by atoms with Gasteiger partial charge in [-0.05, 0) is 74.2 Å². The fourth-order valence-corrected chi connectivity index (χ4v) is 5.80. The van der Waals surface area contributed by atoms with Crippen molar-refractivity contribution in [2.24, 2.45) is 11.3 Å². The van der Waals surface area contributed by atoms with Crippen molar-refractivity contribution in [2.75, 3.05) is 13.8 Å². The molecule has 2 spiro atoms. The highest BCUT2D eigenvalue weighted by Gasteiger charge is 2.61. The number of thiocarbonyl (C=S) groups is 1. The van der Waals surface area contributed by atoms with Crippen molar-refractivity contribution in [3.05, 3.63) is 34.9 Å². The van der Waals surface area contributed by atoms with Crippen LogP contribution in [0, 0.1) is 11.3 Å². The average Bonchev–Trinajstić information content (AvgIpc) is 3.48. The molecule has 27 heavy (non-hydrogen) atoms. The molecule has 5 heteroatoms. The van der Waals surface area contributed by atoms with E-state index in [0.717, 1.165) is 38.0 Å². The number of hydrogen-bond donors (Lipinski definition) is 2. The summed E-state index contributed by atoms with van der Waals surface area (Å²) in [5.41, 5.74) is 3.77. The van der Waals surface area contributed by atoms with Gasteiger partial charge in [0.1, 0.15) is 6.73 Å². The second kappa shape index (κ2) is 6.71. The molecule has 1 unspecified atom stereocenters. The van der Waals surface area contributed by atoms with E-state index in [9.17, 15) is 0 Å². The van der Waals surface area contributed by atoms with E-state index in [1.54, 1.807) is 0 Å².